The number of carbonyl (C=O) groups excluding carboxylic acids is 1. The Bertz CT molecular complexity index is 1130. The maximum atomic E-state index is 12.1. The SMILES string of the molecule is O=C(CCc1nc(CSc2nnc(-c3ccccc3)o2)no1)Nc1cccc(Br)c1. The maximum absolute atomic E-state index is 12.1. The zero-order chi connectivity index (χ0) is 20.8. The highest BCUT2D eigenvalue weighted by Crippen LogP contribution is 2.25. The second kappa shape index (κ2) is 9.68. The molecule has 10 heteroatoms. The van der Waals surface area contributed by atoms with Gasteiger partial charge in [0.2, 0.25) is 17.7 Å². The van der Waals surface area contributed by atoms with E-state index >= 15 is 0 Å². The van der Waals surface area contributed by atoms with Gasteiger partial charge in [-0.3, -0.25) is 4.79 Å². The van der Waals surface area contributed by atoms with Crippen LogP contribution < -0.4 is 5.32 Å². The summed E-state index contributed by atoms with van der Waals surface area (Å²) in [7, 11) is 0. The van der Waals surface area contributed by atoms with Gasteiger partial charge < -0.3 is 14.3 Å². The van der Waals surface area contributed by atoms with Crippen LogP contribution in [-0.2, 0) is 17.0 Å². The summed E-state index contributed by atoms with van der Waals surface area (Å²) in [6.45, 7) is 0. The van der Waals surface area contributed by atoms with E-state index in [1.54, 1.807) is 0 Å². The van der Waals surface area contributed by atoms with E-state index in [0.717, 1.165) is 15.7 Å². The molecule has 2 heterocycles. The summed E-state index contributed by atoms with van der Waals surface area (Å²) in [5.74, 6) is 1.67. The number of nitrogens with one attached hydrogen (secondary N) is 1. The third-order valence-corrected chi connectivity index (χ3v) is 5.24. The molecule has 30 heavy (non-hydrogen) atoms. The molecule has 152 valence electrons. The van der Waals surface area contributed by atoms with Crippen LogP contribution in [0.2, 0.25) is 0 Å². The van der Waals surface area contributed by atoms with E-state index in [-0.39, 0.29) is 12.3 Å². The molecule has 0 aliphatic heterocycles. The van der Waals surface area contributed by atoms with Gasteiger partial charge in [-0.05, 0) is 30.3 Å². The molecule has 0 aliphatic carbocycles. The molecule has 1 amide bonds. The third-order valence-electron chi connectivity index (χ3n) is 3.94. The van der Waals surface area contributed by atoms with Gasteiger partial charge in [0.05, 0.1) is 5.75 Å². The van der Waals surface area contributed by atoms with Crippen LogP contribution in [0.25, 0.3) is 11.5 Å². The average molecular weight is 486 g/mol. The molecular weight excluding hydrogens is 470 g/mol. The van der Waals surface area contributed by atoms with E-state index in [1.165, 1.54) is 11.8 Å². The molecule has 4 rings (SSSR count). The van der Waals surface area contributed by atoms with Crippen LogP contribution in [0.15, 0.2) is 73.2 Å². The molecule has 0 unspecified atom stereocenters. The standard InChI is InChI=1S/C20H16BrN5O3S/c21-14-7-4-8-15(11-14)22-17(27)9-10-18-23-16(26-29-18)12-30-20-25-24-19(28-20)13-5-2-1-3-6-13/h1-8,11H,9-10,12H2,(H,22,27). The molecule has 0 saturated heterocycles. The number of carbonyl (C=O) groups is 1. The number of nitrogens with zero attached hydrogens (tertiary/aromatic N) is 4. The molecule has 0 fully saturated rings. The van der Waals surface area contributed by atoms with Gasteiger partial charge in [0.1, 0.15) is 0 Å². The minimum atomic E-state index is -0.124. The minimum absolute atomic E-state index is 0.124. The van der Waals surface area contributed by atoms with Gasteiger partial charge in [0, 0.05) is 28.6 Å². The first-order chi connectivity index (χ1) is 14.7. The molecule has 1 N–H and O–H groups in total. The topological polar surface area (TPSA) is 107 Å². The molecule has 0 saturated carbocycles. The Morgan fingerprint density at radius 3 is 2.80 bits per heavy atom. The summed E-state index contributed by atoms with van der Waals surface area (Å²) < 4.78 is 11.8. The lowest BCUT2D eigenvalue weighted by Gasteiger charge is -2.04. The Balaban J connectivity index is 1.25. The monoisotopic (exact) mass is 485 g/mol. The van der Waals surface area contributed by atoms with Crippen molar-refractivity contribution >= 4 is 39.3 Å². The van der Waals surface area contributed by atoms with Crippen molar-refractivity contribution in [1.29, 1.82) is 0 Å². The number of rotatable bonds is 8. The summed E-state index contributed by atoms with van der Waals surface area (Å²) >= 11 is 4.69. The molecule has 2 aromatic heterocycles. The Kier molecular flexibility index (Phi) is 6.55. The van der Waals surface area contributed by atoms with Gasteiger partial charge >= 0.3 is 0 Å². The quantitative estimate of drug-likeness (QED) is 0.356. The summed E-state index contributed by atoms with van der Waals surface area (Å²) in [5.41, 5.74) is 1.59. The van der Waals surface area contributed by atoms with Gasteiger partial charge in [-0.1, -0.05) is 57.1 Å². The van der Waals surface area contributed by atoms with Gasteiger partial charge in [-0.15, -0.1) is 10.2 Å². The van der Waals surface area contributed by atoms with Crippen molar-refractivity contribution < 1.29 is 13.7 Å². The first kappa shape index (κ1) is 20.3. The lowest BCUT2D eigenvalue weighted by atomic mass is 10.2. The fourth-order valence-corrected chi connectivity index (χ4v) is 3.56. The highest BCUT2D eigenvalue weighted by atomic mass is 79.9. The second-order valence-electron chi connectivity index (χ2n) is 6.19. The summed E-state index contributed by atoms with van der Waals surface area (Å²) in [4.78, 5) is 16.4. The van der Waals surface area contributed by atoms with Crippen molar-refractivity contribution in [1.82, 2.24) is 20.3 Å². The second-order valence-corrected chi connectivity index (χ2v) is 8.03. The van der Waals surface area contributed by atoms with Crippen molar-refractivity contribution in [2.45, 2.75) is 23.8 Å². The van der Waals surface area contributed by atoms with Crippen LogP contribution >= 0.6 is 27.7 Å². The smallest absolute Gasteiger partial charge is 0.277 e. The lowest BCUT2D eigenvalue weighted by molar-refractivity contribution is -0.116. The number of amides is 1. The van der Waals surface area contributed by atoms with Gasteiger partial charge in [0.15, 0.2) is 5.82 Å². The number of aromatic nitrogens is 4. The number of hydrogen-bond acceptors (Lipinski definition) is 8. The number of aryl methyl sites for hydroxylation is 1. The molecule has 0 atom stereocenters. The number of thioether (sulfide) groups is 1. The van der Waals surface area contributed by atoms with Crippen molar-refractivity contribution in [2.24, 2.45) is 0 Å². The Morgan fingerprint density at radius 1 is 1.10 bits per heavy atom. The first-order valence-corrected chi connectivity index (χ1v) is 10.8. The van der Waals surface area contributed by atoms with Crippen LogP contribution in [0, 0.1) is 0 Å². The average Bonchev–Trinajstić information content (AvgIpc) is 3.41. The minimum Gasteiger partial charge on any atom is -0.411 e. The Morgan fingerprint density at radius 2 is 1.97 bits per heavy atom. The predicted molar refractivity (Wildman–Crippen MR) is 115 cm³/mol. The normalized spacial score (nSPS) is 10.8. The van der Waals surface area contributed by atoms with Crippen LogP contribution in [0.4, 0.5) is 5.69 Å². The molecule has 2 aromatic carbocycles. The molecule has 4 aromatic rings. The predicted octanol–water partition coefficient (Wildman–Crippen LogP) is 4.75. The van der Waals surface area contributed by atoms with E-state index < -0.39 is 0 Å². The summed E-state index contributed by atoms with van der Waals surface area (Å²) in [6.07, 6.45) is 0.599. The van der Waals surface area contributed by atoms with E-state index in [4.69, 9.17) is 8.94 Å². The van der Waals surface area contributed by atoms with Crippen LogP contribution in [0.5, 0.6) is 0 Å². The van der Waals surface area contributed by atoms with Crippen molar-refractivity contribution in [3.05, 3.63) is 70.8 Å². The van der Waals surface area contributed by atoms with Crippen LogP contribution in [0.1, 0.15) is 18.1 Å². The molecule has 0 radical (unpaired) electrons. The fraction of sp³-hybridized carbons (Fsp3) is 0.150. The maximum Gasteiger partial charge on any atom is 0.277 e. The zero-order valence-corrected chi connectivity index (χ0v) is 18.0. The lowest BCUT2D eigenvalue weighted by Crippen LogP contribution is -2.12. The highest BCUT2D eigenvalue weighted by molar-refractivity contribution is 9.10. The van der Waals surface area contributed by atoms with E-state index in [9.17, 15) is 4.79 Å². The largest absolute Gasteiger partial charge is 0.411 e. The molecule has 0 bridgehead atoms. The molecule has 0 spiro atoms. The zero-order valence-electron chi connectivity index (χ0n) is 15.6. The molecule has 8 nitrogen and oxygen atoms in total. The Hall–Kier alpha value is -2.98. The number of halogens is 1. The highest BCUT2D eigenvalue weighted by Gasteiger charge is 2.13. The van der Waals surface area contributed by atoms with Crippen molar-refractivity contribution in [3.8, 4) is 11.5 Å². The summed E-state index contributed by atoms with van der Waals surface area (Å²) in [6, 6.07) is 17.0. The van der Waals surface area contributed by atoms with Gasteiger partial charge in [-0.2, -0.15) is 4.98 Å². The van der Waals surface area contributed by atoms with Crippen molar-refractivity contribution in [2.75, 3.05) is 5.32 Å². The van der Waals surface area contributed by atoms with E-state index in [1.807, 2.05) is 54.6 Å². The molecule has 0 aliphatic rings. The van der Waals surface area contributed by atoms with E-state index in [2.05, 4.69) is 41.6 Å². The van der Waals surface area contributed by atoms with Gasteiger partial charge in [-0.25, -0.2) is 0 Å². The van der Waals surface area contributed by atoms with Crippen LogP contribution in [-0.4, -0.2) is 26.2 Å². The van der Waals surface area contributed by atoms with E-state index in [0.29, 0.717) is 35.0 Å². The van der Waals surface area contributed by atoms with Gasteiger partial charge in [0.25, 0.3) is 5.22 Å². The third kappa shape index (κ3) is 5.55. The van der Waals surface area contributed by atoms with Crippen LogP contribution in [0.3, 0.4) is 0 Å². The van der Waals surface area contributed by atoms with Crippen molar-refractivity contribution in [3.63, 3.8) is 0 Å². The first-order valence-electron chi connectivity index (χ1n) is 9.04. The Labute approximate surface area is 184 Å². The number of anilines is 1. The number of hydrogen-bond donors (Lipinski definition) is 1. The molecular formula is C20H16BrN5O3S. The summed E-state index contributed by atoms with van der Waals surface area (Å²) in [5, 5.41) is 15.3. The number of benzene rings is 2. The fourth-order valence-electron chi connectivity index (χ4n) is 2.55.